The molecule has 0 heterocycles. The van der Waals surface area contributed by atoms with E-state index in [-0.39, 0.29) is 29.1 Å². The summed E-state index contributed by atoms with van der Waals surface area (Å²) in [6, 6.07) is 15.6. The highest BCUT2D eigenvalue weighted by molar-refractivity contribution is 7.92. The Bertz CT molecular complexity index is 1540. The van der Waals surface area contributed by atoms with Gasteiger partial charge in [0.15, 0.2) is 11.5 Å². The van der Waals surface area contributed by atoms with Crippen molar-refractivity contribution in [1.82, 2.24) is 10.2 Å². The molecule has 0 bridgehead atoms. The molecular weight excluding hydrogens is 590 g/mol. The predicted molar refractivity (Wildman–Crippen MR) is 169 cm³/mol. The molecule has 0 spiro atoms. The Morgan fingerprint density at radius 2 is 1.56 bits per heavy atom. The Morgan fingerprint density at radius 3 is 2.14 bits per heavy atom. The van der Waals surface area contributed by atoms with Gasteiger partial charge in [-0.25, -0.2) is 8.42 Å². The molecule has 2 atom stereocenters. The van der Waals surface area contributed by atoms with Crippen molar-refractivity contribution in [2.45, 2.75) is 64.6 Å². The van der Waals surface area contributed by atoms with E-state index >= 15 is 0 Å². The van der Waals surface area contributed by atoms with Crippen molar-refractivity contribution in [1.29, 1.82) is 0 Å². The molecule has 3 aromatic rings. The van der Waals surface area contributed by atoms with Crippen LogP contribution in [-0.4, -0.2) is 58.0 Å². The van der Waals surface area contributed by atoms with Gasteiger partial charge in [0, 0.05) is 23.7 Å². The highest BCUT2D eigenvalue weighted by Gasteiger charge is 2.33. The van der Waals surface area contributed by atoms with Gasteiger partial charge < -0.3 is 19.7 Å². The van der Waals surface area contributed by atoms with E-state index in [1.54, 1.807) is 43.3 Å². The third kappa shape index (κ3) is 8.20. The summed E-state index contributed by atoms with van der Waals surface area (Å²) in [5, 5.41) is 3.35. The zero-order chi connectivity index (χ0) is 31.9. The van der Waals surface area contributed by atoms with Crippen LogP contribution in [0.15, 0.2) is 65.6 Å². The topological polar surface area (TPSA) is 105 Å². The molecule has 3 aromatic carbocycles. The van der Waals surface area contributed by atoms with E-state index in [2.05, 4.69) is 5.32 Å². The van der Waals surface area contributed by atoms with E-state index in [4.69, 9.17) is 21.1 Å². The van der Waals surface area contributed by atoms with Gasteiger partial charge in [-0.05, 0) is 81.1 Å². The number of carbonyl (C=O) groups excluding carboxylic acids is 2. The van der Waals surface area contributed by atoms with Crippen LogP contribution in [0.25, 0.3) is 0 Å². The minimum Gasteiger partial charge on any atom is -0.493 e. The number of anilines is 1. The quantitative estimate of drug-likeness (QED) is 0.268. The molecule has 0 aliphatic carbocycles. The number of carbonyl (C=O) groups is 2. The average molecular weight is 630 g/mol. The molecule has 0 radical (unpaired) electrons. The number of nitrogens with one attached hydrogen (secondary N) is 1. The molecule has 43 heavy (non-hydrogen) atoms. The zero-order valence-corrected chi connectivity index (χ0v) is 27.3. The minimum atomic E-state index is -4.30. The Hall–Kier alpha value is -3.76. The molecule has 0 aliphatic heterocycles. The van der Waals surface area contributed by atoms with E-state index in [0.717, 1.165) is 15.4 Å². The number of sulfonamides is 1. The van der Waals surface area contributed by atoms with Crippen molar-refractivity contribution in [3.63, 3.8) is 0 Å². The molecule has 2 amide bonds. The second kappa shape index (κ2) is 14.6. The molecule has 0 unspecified atom stereocenters. The van der Waals surface area contributed by atoms with Crippen molar-refractivity contribution < 1.29 is 27.5 Å². The van der Waals surface area contributed by atoms with Crippen molar-refractivity contribution >= 4 is 39.1 Å². The van der Waals surface area contributed by atoms with Crippen molar-refractivity contribution in [2.24, 2.45) is 0 Å². The number of hydrogen-bond acceptors (Lipinski definition) is 6. The maximum Gasteiger partial charge on any atom is 0.264 e. The van der Waals surface area contributed by atoms with E-state index < -0.39 is 28.5 Å². The molecule has 0 aromatic heterocycles. The third-order valence-electron chi connectivity index (χ3n) is 7.18. The standard InChI is InChI=1S/C32H40ClN3O6S/c1-8-23(4)34-32(38)24(5)35(19-25-11-9-10-12-28(25)33)31(37)20-36(26-16-21(2)15-22(3)17-26)43(39,40)27-13-14-29(41-6)30(18-27)42-7/h9-18,23-24H,8,19-20H2,1-7H3,(H,34,38)/t23-,24-/m0/s1. The summed E-state index contributed by atoms with van der Waals surface area (Å²) in [7, 11) is -1.43. The number of halogens is 1. The van der Waals surface area contributed by atoms with Gasteiger partial charge in [0.25, 0.3) is 10.0 Å². The summed E-state index contributed by atoms with van der Waals surface area (Å²) in [6.45, 7) is 8.59. The largest absolute Gasteiger partial charge is 0.493 e. The fourth-order valence-corrected chi connectivity index (χ4v) is 6.20. The lowest BCUT2D eigenvalue weighted by Gasteiger charge is -2.33. The lowest BCUT2D eigenvalue weighted by molar-refractivity contribution is -0.139. The molecular formula is C32H40ClN3O6S. The van der Waals surface area contributed by atoms with Gasteiger partial charge in [0.05, 0.1) is 24.8 Å². The molecule has 1 N–H and O–H groups in total. The van der Waals surface area contributed by atoms with Crippen LogP contribution in [0.3, 0.4) is 0 Å². The van der Waals surface area contributed by atoms with Crippen LogP contribution < -0.4 is 19.1 Å². The molecule has 232 valence electrons. The normalized spacial score (nSPS) is 12.7. The van der Waals surface area contributed by atoms with Crippen LogP contribution in [0.4, 0.5) is 5.69 Å². The lowest BCUT2D eigenvalue weighted by Crippen LogP contribution is -2.52. The number of methoxy groups -OCH3 is 2. The molecule has 11 heteroatoms. The second-order valence-corrected chi connectivity index (χ2v) is 12.8. The summed E-state index contributed by atoms with van der Waals surface area (Å²) in [4.78, 5) is 28.7. The molecule has 9 nitrogen and oxygen atoms in total. The molecule has 3 rings (SSSR count). The average Bonchev–Trinajstić information content (AvgIpc) is 2.97. The first kappa shape index (κ1) is 33.7. The van der Waals surface area contributed by atoms with Crippen LogP contribution in [0.2, 0.25) is 5.02 Å². The first-order valence-corrected chi connectivity index (χ1v) is 15.8. The van der Waals surface area contributed by atoms with E-state index in [0.29, 0.717) is 28.4 Å². The summed E-state index contributed by atoms with van der Waals surface area (Å²) >= 11 is 6.44. The minimum absolute atomic E-state index is 0.00465. The number of benzene rings is 3. The van der Waals surface area contributed by atoms with E-state index in [9.17, 15) is 18.0 Å². The number of rotatable bonds is 13. The summed E-state index contributed by atoms with van der Waals surface area (Å²) in [6.07, 6.45) is 0.709. The van der Waals surface area contributed by atoms with Crippen LogP contribution >= 0.6 is 11.6 Å². The van der Waals surface area contributed by atoms with Crippen LogP contribution in [0.1, 0.15) is 43.9 Å². The SMILES string of the molecule is CC[C@H](C)NC(=O)[C@H](C)N(Cc1ccccc1Cl)C(=O)CN(c1cc(C)cc(C)c1)S(=O)(=O)c1ccc(OC)c(OC)c1. The molecule has 0 aliphatic rings. The molecule has 0 fully saturated rings. The molecule has 0 saturated heterocycles. The second-order valence-electron chi connectivity index (χ2n) is 10.5. The summed E-state index contributed by atoms with van der Waals surface area (Å²) < 4.78 is 40.2. The fourth-order valence-electron chi connectivity index (χ4n) is 4.59. The number of hydrogen-bond donors (Lipinski definition) is 1. The van der Waals surface area contributed by atoms with Gasteiger partial charge in [-0.15, -0.1) is 0 Å². The summed E-state index contributed by atoms with van der Waals surface area (Å²) in [5.74, 6) is -0.334. The van der Waals surface area contributed by atoms with Crippen molar-refractivity contribution in [2.75, 3.05) is 25.1 Å². The first-order valence-electron chi connectivity index (χ1n) is 14.0. The maximum absolute atomic E-state index is 14.2. The number of amides is 2. The molecule has 0 saturated carbocycles. The number of ether oxygens (including phenoxy) is 2. The third-order valence-corrected chi connectivity index (χ3v) is 9.32. The zero-order valence-electron chi connectivity index (χ0n) is 25.7. The van der Waals surface area contributed by atoms with Gasteiger partial charge in [-0.1, -0.05) is 42.8 Å². The fraction of sp³-hybridized carbons (Fsp3) is 0.375. The Kier molecular flexibility index (Phi) is 11.5. The van der Waals surface area contributed by atoms with Crippen molar-refractivity contribution in [3.8, 4) is 11.5 Å². The highest BCUT2D eigenvalue weighted by atomic mass is 35.5. The Labute approximate surface area is 259 Å². The van der Waals surface area contributed by atoms with Crippen LogP contribution in [0.5, 0.6) is 11.5 Å². The lowest BCUT2D eigenvalue weighted by atomic mass is 10.1. The van der Waals surface area contributed by atoms with Gasteiger partial charge in [0.1, 0.15) is 12.6 Å². The summed E-state index contributed by atoms with van der Waals surface area (Å²) in [5.41, 5.74) is 2.59. The van der Waals surface area contributed by atoms with Gasteiger partial charge in [-0.2, -0.15) is 0 Å². The monoisotopic (exact) mass is 629 g/mol. The number of aryl methyl sites for hydroxylation is 2. The van der Waals surface area contributed by atoms with Crippen LogP contribution in [0, 0.1) is 13.8 Å². The maximum atomic E-state index is 14.2. The Morgan fingerprint density at radius 1 is 0.930 bits per heavy atom. The number of nitrogens with zero attached hydrogens (tertiary/aromatic N) is 2. The van der Waals surface area contributed by atoms with Crippen LogP contribution in [-0.2, 0) is 26.2 Å². The van der Waals surface area contributed by atoms with E-state index in [1.807, 2.05) is 33.8 Å². The van der Waals surface area contributed by atoms with Gasteiger partial charge in [0.2, 0.25) is 11.8 Å². The van der Waals surface area contributed by atoms with E-state index in [1.165, 1.54) is 37.3 Å². The first-order chi connectivity index (χ1) is 20.3. The van der Waals surface area contributed by atoms with Crippen molar-refractivity contribution in [3.05, 3.63) is 82.4 Å². The Balaban J connectivity index is 2.12. The van der Waals surface area contributed by atoms with Gasteiger partial charge >= 0.3 is 0 Å². The van der Waals surface area contributed by atoms with Gasteiger partial charge in [-0.3, -0.25) is 13.9 Å². The predicted octanol–water partition coefficient (Wildman–Crippen LogP) is 5.50. The highest BCUT2D eigenvalue weighted by Crippen LogP contribution is 2.33. The smallest absolute Gasteiger partial charge is 0.264 e.